The van der Waals surface area contributed by atoms with Crippen molar-refractivity contribution in [1.29, 1.82) is 0 Å². The van der Waals surface area contributed by atoms with Crippen LogP contribution in [0.15, 0.2) is 24.5 Å². The van der Waals surface area contributed by atoms with E-state index >= 15 is 0 Å². The first-order chi connectivity index (χ1) is 15.4. The average molecular weight is 478 g/mol. The Bertz CT molecular complexity index is 980. The minimum Gasteiger partial charge on any atom is -0.367 e. The van der Waals surface area contributed by atoms with Gasteiger partial charge >= 0.3 is 18.4 Å². The van der Waals surface area contributed by atoms with E-state index in [4.69, 9.17) is 0 Å². The Labute approximate surface area is 186 Å². The van der Waals surface area contributed by atoms with Crippen LogP contribution in [0.25, 0.3) is 11.0 Å². The zero-order valence-corrected chi connectivity index (χ0v) is 18.0. The van der Waals surface area contributed by atoms with Gasteiger partial charge in [-0.05, 0) is 32.6 Å². The Kier molecular flexibility index (Phi) is 7.20. The molecule has 0 spiro atoms. The van der Waals surface area contributed by atoms with Gasteiger partial charge in [0.25, 0.3) is 0 Å². The molecule has 0 unspecified atom stereocenters. The van der Waals surface area contributed by atoms with Crippen LogP contribution in [0.1, 0.15) is 12.0 Å². The number of alkyl halides is 6. The molecule has 1 aromatic heterocycles. The van der Waals surface area contributed by atoms with E-state index in [1.54, 1.807) is 0 Å². The molecule has 13 heteroatoms. The smallest absolute Gasteiger partial charge is 0.367 e. The van der Waals surface area contributed by atoms with Crippen molar-refractivity contribution in [2.75, 3.05) is 45.2 Å². The van der Waals surface area contributed by atoms with Crippen molar-refractivity contribution in [1.82, 2.24) is 25.5 Å². The zero-order chi connectivity index (χ0) is 24.4. The molecule has 2 aromatic rings. The van der Waals surface area contributed by atoms with Crippen molar-refractivity contribution in [2.24, 2.45) is 5.92 Å². The molecular formula is C20H24F6N6O. The zero-order valence-electron chi connectivity index (χ0n) is 18.0. The van der Waals surface area contributed by atoms with Crippen molar-refractivity contribution >= 4 is 22.8 Å². The summed E-state index contributed by atoms with van der Waals surface area (Å²) >= 11 is 0. The predicted molar refractivity (Wildman–Crippen MR) is 110 cm³/mol. The molecule has 7 nitrogen and oxygen atoms in total. The number of likely N-dealkylation sites (N-methyl/N-ethyl adjacent to an activating group) is 1. The molecule has 182 valence electrons. The maximum absolute atomic E-state index is 13.6. The van der Waals surface area contributed by atoms with Crippen LogP contribution < -0.4 is 15.5 Å². The van der Waals surface area contributed by atoms with Gasteiger partial charge in [-0.15, -0.1) is 0 Å². The number of hydrogen-bond acceptors (Lipinski definition) is 5. The molecular weight excluding hydrogens is 454 g/mol. The summed E-state index contributed by atoms with van der Waals surface area (Å²) in [6.07, 6.45) is -7.31. The van der Waals surface area contributed by atoms with Gasteiger partial charge in [0.15, 0.2) is 0 Å². The van der Waals surface area contributed by atoms with Gasteiger partial charge in [-0.3, -0.25) is 9.97 Å². The lowest BCUT2D eigenvalue weighted by Crippen LogP contribution is -2.55. The van der Waals surface area contributed by atoms with Gasteiger partial charge in [0.2, 0.25) is 0 Å². The standard InChI is InChI=1S/C20H24F6N6O/c1-31(2)8-7-29-18(33)30-13-9-12(19(21,22)23)10-32(11-13)15-4-3-14(20(24,25)26)16-17(15)28-6-5-27-16/h3-6,12-13H,7-11H2,1-2H3,(H2,29,30,33)/t12-,13+/m0/s1. The number of amides is 2. The molecule has 3 rings (SSSR count). The average Bonchev–Trinajstić information content (AvgIpc) is 2.71. The number of nitrogens with zero attached hydrogens (tertiary/aromatic N) is 4. The predicted octanol–water partition coefficient (Wildman–Crippen LogP) is 3.27. The van der Waals surface area contributed by atoms with Crippen LogP contribution in [0.2, 0.25) is 0 Å². The molecule has 33 heavy (non-hydrogen) atoms. The number of hydrogen-bond donors (Lipinski definition) is 2. The van der Waals surface area contributed by atoms with Crippen LogP contribution >= 0.6 is 0 Å². The summed E-state index contributed by atoms with van der Waals surface area (Å²) < 4.78 is 81.0. The van der Waals surface area contributed by atoms with Crippen LogP contribution in [0.3, 0.4) is 0 Å². The first kappa shape index (κ1) is 24.8. The van der Waals surface area contributed by atoms with Crippen molar-refractivity contribution in [3.05, 3.63) is 30.1 Å². The fourth-order valence-electron chi connectivity index (χ4n) is 3.79. The number of nitrogens with one attached hydrogen (secondary N) is 2. The minimum atomic E-state index is -4.70. The Morgan fingerprint density at radius 3 is 2.36 bits per heavy atom. The number of fused-ring (bicyclic) bond motifs is 1. The topological polar surface area (TPSA) is 73.4 Å². The molecule has 1 aliphatic heterocycles. The summed E-state index contributed by atoms with van der Waals surface area (Å²) in [4.78, 5) is 23.1. The number of piperidine rings is 1. The Morgan fingerprint density at radius 2 is 1.76 bits per heavy atom. The van der Waals surface area contributed by atoms with Gasteiger partial charge in [-0.25, -0.2) is 4.79 Å². The number of carbonyl (C=O) groups is 1. The summed E-state index contributed by atoms with van der Waals surface area (Å²) in [7, 11) is 3.62. The molecule has 1 fully saturated rings. The maximum atomic E-state index is 13.6. The monoisotopic (exact) mass is 478 g/mol. The van der Waals surface area contributed by atoms with Crippen molar-refractivity contribution < 1.29 is 31.1 Å². The maximum Gasteiger partial charge on any atom is 0.418 e. The third-order valence-corrected chi connectivity index (χ3v) is 5.34. The number of rotatable bonds is 5. The Balaban J connectivity index is 1.89. The van der Waals surface area contributed by atoms with Crippen molar-refractivity contribution in [2.45, 2.75) is 24.8 Å². The number of benzene rings is 1. The molecule has 0 bridgehead atoms. The second-order valence-electron chi connectivity index (χ2n) is 8.16. The molecule has 0 aliphatic carbocycles. The number of carbonyl (C=O) groups excluding carboxylic acids is 1. The van der Waals surface area contributed by atoms with E-state index in [0.29, 0.717) is 13.1 Å². The molecule has 2 heterocycles. The number of aromatic nitrogens is 2. The number of halogens is 6. The van der Waals surface area contributed by atoms with E-state index in [0.717, 1.165) is 18.3 Å². The van der Waals surface area contributed by atoms with E-state index in [9.17, 15) is 31.1 Å². The molecule has 1 aromatic carbocycles. The quantitative estimate of drug-likeness (QED) is 0.646. The molecule has 2 amide bonds. The SMILES string of the molecule is CN(C)CCNC(=O)N[C@@H]1C[C@H](C(F)(F)F)CN(c2ccc(C(F)(F)F)c3nccnc23)C1. The Hall–Kier alpha value is -2.83. The molecule has 0 radical (unpaired) electrons. The van der Waals surface area contributed by atoms with Crippen LogP contribution in [-0.2, 0) is 6.18 Å². The van der Waals surface area contributed by atoms with E-state index in [2.05, 4.69) is 20.6 Å². The summed E-state index contributed by atoms with van der Waals surface area (Å²) in [5.74, 6) is -1.78. The summed E-state index contributed by atoms with van der Waals surface area (Å²) in [5.41, 5.74) is -1.51. The third kappa shape index (κ3) is 6.15. The van der Waals surface area contributed by atoms with Gasteiger partial charge in [0.05, 0.1) is 17.2 Å². The van der Waals surface area contributed by atoms with E-state index in [1.165, 1.54) is 11.1 Å². The fourth-order valence-corrected chi connectivity index (χ4v) is 3.79. The van der Waals surface area contributed by atoms with E-state index < -0.39 is 48.0 Å². The summed E-state index contributed by atoms with van der Waals surface area (Å²) in [6, 6.07) is 0.410. The van der Waals surface area contributed by atoms with Crippen LogP contribution in [0, 0.1) is 5.92 Å². The second kappa shape index (κ2) is 9.57. The summed E-state index contributed by atoms with van der Waals surface area (Å²) in [6.45, 7) is 0.356. The first-order valence-electron chi connectivity index (χ1n) is 10.2. The number of urea groups is 1. The lowest BCUT2D eigenvalue weighted by atomic mass is 9.93. The molecule has 1 aliphatic rings. The lowest BCUT2D eigenvalue weighted by Gasteiger charge is -2.40. The molecule has 2 atom stereocenters. The van der Waals surface area contributed by atoms with Crippen LogP contribution in [0.5, 0.6) is 0 Å². The van der Waals surface area contributed by atoms with Gasteiger partial charge < -0.3 is 20.4 Å². The van der Waals surface area contributed by atoms with Gasteiger partial charge in [0, 0.05) is 44.6 Å². The van der Waals surface area contributed by atoms with Gasteiger partial charge in [-0.2, -0.15) is 26.3 Å². The van der Waals surface area contributed by atoms with Gasteiger partial charge in [0.1, 0.15) is 11.0 Å². The highest BCUT2D eigenvalue weighted by Gasteiger charge is 2.45. The van der Waals surface area contributed by atoms with Crippen molar-refractivity contribution in [3.8, 4) is 0 Å². The molecule has 0 saturated carbocycles. The highest BCUT2D eigenvalue weighted by Crippen LogP contribution is 2.39. The van der Waals surface area contributed by atoms with Crippen LogP contribution in [0.4, 0.5) is 36.8 Å². The molecule has 1 saturated heterocycles. The second-order valence-corrected chi connectivity index (χ2v) is 8.16. The van der Waals surface area contributed by atoms with Crippen molar-refractivity contribution in [3.63, 3.8) is 0 Å². The fraction of sp³-hybridized carbons (Fsp3) is 0.550. The normalized spacial score (nSPS) is 19.7. The van der Waals surface area contributed by atoms with E-state index in [-0.39, 0.29) is 24.2 Å². The number of anilines is 1. The van der Waals surface area contributed by atoms with Gasteiger partial charge in [-0.1, -0.05) is 0 Å². The highest BCUT2D eigenvalue weighted by molar-refractivity contribution is 5.91. The molecule has 2 N–H and O–H groups in total. The summed E-state index contributed by atoms with van der Waals surface area (Å²) in [5, 5.41) is 5.14. The van der Waals surface area contributed by atoms with E-state index in [1.807, 2.05) is 19.0 Å². The Morgan fingerprint density at radius 1 is 1.09 bits per heavy atom. The first-order valence-corrected chi connectivity index (χ1v) is 10.2. The largest absolute Gasteiger partial charge is 0.418 e. The third-order valence-electron chi connectivity index (χ3n) is 5.34. The highest BCUT2D eigenvalue weighted by atomic mass is 19.4. The minimum absolute atomic E-state index is 0.0231. The lowest BCUT2D eigenvalue weighted by molar-refractivity contribution is -0.177. The van der Waals surface area contributed by atoms with Crippen LogP contribution in [-0.4, -0.2) is 73.4 Å².